The van der Waals surface area contributed by atoms with Crippen LogP contribution in [0.1, 0.15) is 26.3 Å². The van der Waals surface area contributed by atoms with Crippen molar-refractivity contribution in [3.05, 3.63) is 33.8 Å². The summed E-state index contributed by atoms with van der Waals surface area (Å²) in [6, 6.07) is 2.74. The molecule has 0 aliphatic rings. The molecule has 1 rings (SSSR count). The molecular weight excluding hydrogens is 192 g/mol. The largest absolute Gasteiger partial charge is 0.478 e. The van der Waals surface area contributed by atoms with Crippen molar-refractivity contribution in [2.45, 2.75) is 6.92 Å². The Morgan fingerprint density at radius 1 is 1.54 bits per heavy atom. The minimum absolute atomic E-state index is 0.0168. The van der Waals surface area contributed by atoms with Crippen LogP contribution in [0.15, 0.2) is 12.1 Å². The van der Waals surface area contributed by atoms with Crippen LogP contribution in [0.2, 0.25) is 5.02 Å². The summed E-state index contributed by atoms with van der Waals surface area (Å²) in [7, 11) is 0. The Balaban J connectivity index is 3.41. The van der Waals surface area contributed by atoms with Crippen LogP contribution in [0.3, 0.4) is 0 Å². The molecule has 0 bridgehead atoms. The van der Waals surface area contributed by atoms with Crippen LogP contribution >= 0.6 is 11.6 Å². The van der Waals surface area contributed by atoms with E-state index in [1.54, 1.807) is 6.92 Å². The Hall–Kier alpha value is -1.35. The summed E-state index contributed by atoms with van der Waals surface area (Å²) in [5.74, 6) is -1.12. The van der Waals surface area contributed by atoms with Gasteiger partial charge in [0.2, 0.25) is 0 Å². The zero-order valence-corrected chi connectivity index (χ0v) is 7.63. The minimum Gasteiger partial charge on any atom is -0.478 e. The Morgan fingerprint density at radius 3 is 2.62 bits per heavy atom. The lowest BCUT2D eigenvalue weighted by Crippen LogP contribution is -2.02. The van der Waals surface area contributed by atoms with Crippen molar-refractivity contribution in [2.75, 3.05) is 0 Å². The lowest BCUT2D eigenvalue weighted by Gasteiger charge is -2.02. The number of aldehydes is 1. The first-order valence-corrected chi connectivity index (χ1v) is 3.92. The van der Waals surface area contributed by atoms with Crippen molar-refractivity contribution in [1.82, 2.24) is 0 Å². The molecule has 4 heteroatoms. The maximum absolute atomic E-state index is 10.6. The van der Waals surface area contributed by atoms with E-state index in [4.69, 9.17) is 16.7 Å². The van der Waals surface area contributed by atoms with Gasteiger partial charge in [-0.15, -0.1) is 0 Å². The number of hydrogen-bond acceptors (Lipinski definition) is 2. The molecule has 0 aliphatic heterocycles. The summed E-state index contributed by atoms with van der Waals surface area (Å²) in [4.78, 5) is 21.1. The first-order valence-electron chi connectivity index (χ1n) is 3.55. The number of rotatable bonds is 2. The number of carboxylic acids is 1. The molecule has 0 fully saturated rings. The zero-order chi connectivity index (χ0) is 10.0. The van der Waals surface area contributed by atoms with Gasteiger partial charge in [-0.25, -0.2) is 4.79 Å². The highest BCUT2D eigenvalue weighted by Crippen LogP contribution is 2.19. The Bertz CT molecular complexity index is 371. The summed E-state index contributed by atoms with van der Waals surface area (Å²) < 4.78 is 0. The van der Waals surface area contributed by atoms with E-state index in [0.29, 0.717) is 16.9 Å². The number of carbonyl (C=O) groups excluding carboxylic acids is 1. The predicted molar refractivity (Wildman–Crippen MR) is 48.5 cm³/mol. The van der Waals surface area contributed by atoms with Crippen LogP contribution in [-0.4, -0.2) is 17.4 Å². The molecule has 0 aromatic heterocycles. The minimum atomic E-state index is -1.12. The first kappa shape index (κ1) is 9.74. The van der Waals surface area contributed by atoms with Crippen molar-refractivity contribution < 1.29 is 14.7 Å². The van der Waals surface area contributed by atoms with Gasteiger partial charge in [0.15, 0.2) is 6.29 Å². The molecule has 0 amide bonds. The molecule has 0 saturated carbocycles. The van der Waals surface area contributed by atoms with Gasteiger partial charge in [-0.3, -0.25) is 4.79 Å². The Labute approximate surface area is 79.9 Å². The fourth-order valence-electron chi connectivity index (χ4n) is 0.980. The summed E-state index contributed by atoms with van der Waals surface area (Å²) in [5.41, 5.74) is 0.727. The highest BCUT2D eigenvalue weighted by Gasteiger charge is 2.11. The topological polar surface area (TPSA) is 54.4 Å². The highest BCUT2D eigenvalue weighted by molar-refractivity contribution is 6.31. The van der Waals surface area contributed by atoms with E-state index >= 15 is 0 Å². The monoisotopic (exact) mass is 198 g/mol. The quantitative estimate of drug-likeness (QED) is 0.741. The van der Waals surface area contributed by atoms with Crippen molar-refractivity contribution in [2.24, 2.45) is 0 Å². The van der Waals surface area contributed by atoms with Crippen molar-refractivity contribution in [3.63, 3.8) is 0 Å². The number of aromatic carboxylic acids is 1. The summed E-state index contributed by atoms with van der Waals surface area (Å²) >= 11 is 5.72. The zero-order valence-electron chi connectivity index (χ0n) is 6.87. The van der Waals surface area contributed by atoms with Gasteiger partial charge in [-0.1, -0.05) is 11.6 Å². The van der Waals surface area contributed by atoms with E-state index in [1.165, 1.54) is 12.1 Å². The first-order chi connectivity index (χ1) is 6.06. The third-order valence-electron chi connectivity index (χ3n) is 1.69. The summed E-state index contributed by atoms with van der Waals surface area (Å²) in [5, 5.41) is 9.11. The summed E-state index contributed by atoms with van der Waals surface area (Å²) in [6.07, 6.45) is 0.481. The van der Waals surface area contributed by atoms with Crippen LogP contribution in [-0.2, 0) is 0 Å². The maximum atomic E-state index is 10.6. The third-order valence-corrected chi connectivity index (χ3v) is 2.10. The summed E-state index contributed by atoms with van der Waals surface area (Å²) in [6.45, 7) is 1.68. The van der Waals surface area contributed by atoms with Crippen LogP contribution in [0, 0.1) is 6.92 Å². The molecule has 0 unspecified atom stereocenters. The standard InChI is InChI=1S/C9H7ClO3/c1-5-2-7(9(12)13)6(4-11)3-8(5)10/h2-4H,1H3,(H,12,13). The number of aryl methyl sites for hydroxylation is 1. The fourth-order valence-corrected chi connectivity index (χ4v) is 1.15. The third kappa shape index (κ3) is 1.87. The molecule has 1 N–H and O–H groups in total. The molecule has 0 saturated heterocycles. The second-order valence-corrected chi connectivity index (χ2v) is 3.02. The second-order valence-electron chi connectivity index (χ2n) is 2.61. The molecule has 0 spiro atoms. The number of benzene rings is 1. The highest BCUT2D eigenvalue weighted by atomic mass is 35.5. The molecule has 68 valence electrons. The van der Waals surface area contributed by atoms with Crippen molar-refractivity contribution >= 4 is 23.9 Å². The van der Waals surface area contributed by atoms with Crippen molar-refractivity contribution in [1.29, 1.82) is 0 Å². The second kappa shape index (κ2) is 3.58. The Kier molecular flexibility index (Phi) is 2.68. The van der Waals surface area contributed by atoms with Gasteiger partial charge in [0.25, 0.3) is 0 Å². The van der Waals surface area contributed by atoms with Crippen LogP contribution in [0.25, 0.3) is 0 Å². The average Bonchev–Trinajstić information content (AvgIpc) is 2.08. The van der Waals surface area contributed by atoms with E-state index in [2.05, 4.69) is 0 Å². The molecule has 0 radical (unpaired) electrons. The van der Waals surface area contributed by atoms with Crippen LogP contribution in [0.5, 0.6) is 0 Å². The molecule has 1 aromatic carbocycles. The van der Waals surface area contributed by atoms with Crippen LogP contribution < -0.4 is 0 Å². The van der Waals surface area contributed by atoms with E-state index in [-0.39, 0.29) is 11.1 Å². The number of halogens is 1. The molecular formula is C9H7ClO3. The molecule has 3 nitrogen and oxygen atoms in total. The van der Waals surface area contributed by atoms with E-state index in [0.717, 1.165) is 0 Å². The van der Waals surface area contributed by atoms with Crippen LogP contribution in [0.4, 0.5) is 0 Å². The Morgan fingerprint density at radius 2 is 2.15 bits per heavy atom. The molecule has 0 heterocycles. The normalized spacial score (nSPS) is 9.69. The van der Waals surface area contributed by atoms with E-state index < -0.39 is 5.97 Å². The predicted octanol–water partition coefficient (Wildman–Crippen LogP) is 2.16. The number of hydrogen-bond donors (Lipinski definition) is 1. The van der Waals surface area contributed by atoms with Gasteiger partial charge in [0, 0.05) is 10.6 Å². The molecule has 1 aromatic rings. The van der Waals surface area contributed by atoms with Gasteiger partial charge in [-0.05, 0) is 24.6 Å². The van der Waals surface area contributed by atoms with Gasteiger partial charge in [0.1, 0.15) is 0 Å². The maximum Gasteiger partial charge on any atom is 0.336 e. The lowest BCUT2D eigenvalue weighted by molar-refractivity contribution is 0.0694. The van der Waals surface area contributed by atoms with Crippen molar-refractivity contribution in [3.8, 4) is 0 Å². The molecule has 0 atom stereocenters. The average molecular weight is 199 g/mol. The van der Waals surface area contributed by atoms with Gasteiger partial charge < -0.3 is 5.11 Å². The van der Waals surface area contributed by atoms with E-state index in [9.17, 15) is 9.59 Å². The smallest absolute Gasteiger partial charge is 0.336 e. The lowest BCUT2D eigenvalue weighted by atomic mass is 10.1. The van der Waals surface area contributed by atoms with E-state index in [1.807, 2.05) is 0 Å². The van der Waals surface area contributed by atoms with Gasteiger partial charge in [0.05, 0.1) is 5.56 Å². The fraction of sp³-hybridized carbons (Fsp3) is 0.111. The van der Waals surface area contributed by atoms with Gasteiger partial charge >= 0.3 is 5.97 Å². The SMILES string of the molecule is Cc1cc(C(=O)O)c(C=O)cc1Cl. The number of carboxylic acid groups (broad SMARTS) is 1. The van der Waals surface area contributed by atoms with Gasteiger partial charge in [-0.2, -0.15) is 0 Å². The molecule has 0 aliphatic carbocycles. The number of carbonyl (C=O) groups is 2. The molecule has 13 heavy (non-hydrogen) atoms.